The lowest BCUT2D eigenvalue weighted by Gasteiger charge is -2.01. The molecule has 0 fully saturated rings. The number of ether oxygens (including phenoxy) is 1. The van der Waals surface area contributed by atoms with Crippen LogP contribution in [0.15, 0.2) is 10.6 Å². The van der Waals surface area contributed by atoms with Crippen molar-refractivity contribution in [2.24, 2.45) is 0 Å². The first-order chi connectivity index (χ1) is 6.76. The van der Waals surface area contributed by atoms with Gasteiger partial charge in [0.2, 0.25) is 5.58 Å². The molecule has 0 aliphatic carbocycles. The van der Waals surface area contributed by atoms with Gasteiger partial charge in [-0.1, -0.05) is 12.1 Å². The number of hydrogen-bond acceptors (Lipinski definition) is 4. The Labute approximate surface area is 81.9 Å². The predicted octanol–water partition coefficient (Wildman–Crippen LogP) is 2.10. The van der Waals surface area contributed by atoms with Crippen LogP contribution in [0.25, 0.3) is 11.1 Å². The van der Waals surface area contributed by atoms with E-state index in [9.17, 15) is 0 Å². The molecule has 0 radical (unpaired) electrons. The van der Waals surface area contributed by atoms with Gasteiger partial charge in [-0.3, -0.25) is 0 Å². The molecule has 4 heteroatoms. The summed E-state index contributed by atoms with van der Waals surface area (Å²) >= 11 is 0. The first-order valence-electron chi connectivity index (χ1n) is 4.56. The van der Waals surface area contributed by atoms with E-state index in [1.807, 2.05) is 13.0 Å². The third-order valence-electron chi connectivity index (χ3n) is 2.19. The molecule has 2 rings (SSSR count). The van der Waals surface area contributed by atoms with Crippen LogP contribution < -0.4 is 4.74 Å². The third-order valence-corrected chi connectivity index (χ3v) is 2.19. The molecule has 0 atom stereocenters. The molecule has 2 heterocycles. The number of aromatic nitrogens is 2. The van der Waals surface area contributed by atoms with Crippen LogP contribution in [0.4, 0.5) is 0 Å². The average molecular weight is 192 g/mol. The highest BCUT2D eigenvalue weighted by Gasteiger charge is 2.12. The van der Waals surface area contributed by atoms with E-state index in [2.05, 4.69) is 17.1 Å². The topological polar surface area (TPSA) is 48.2 Å². The van der Waals surface area contributed by atoms with Gasteiger partial charge in [0.1, 0.15) is 11.2 Å². The number of aryl methyl sites for hydroxylation is 2. The Balaban J connectivity index is 2.76. The number of nitrogens with zero attached hydrogens (tertiary/aromatic N) is 2. The predicted molar refractivity (Wildman–Crippen MR) is 52.5 cm³/mol. The van der Waals surface area contributed by atoms with E-state index in [1.165, 1.54) is 0 Å². The summed E-state index contributed by atoms with van der Waals surface area (Å²) in [5.74, 6) is 0.701. The van der Waals surface area contributed by atoms with E-state index in [-0.39, 0.29) is 0 Å². The summed E-state index contributed by atoms with van der Waals surface area (Å²) in [5.41, 5.74) is 3.21. The first kappa shape index (κ1) is 8.99. The van der Waals surface area contributed by atoms with Gasteiger partial charge in [-0.15, -0.1) is 0 Å². The van der Waals surface area contributed by atoms with Crippen LogP contribution in [0.3, 0.4) is 0 Å². The highest BCUT2D eigenvalue weighted by molar-refractivity contribution is 5.80. The van der Waals surface area contributed by atoms with Crippen molar-refractivity contribution in [2.45, 2.75) is 20.3 Å². The quantitative estimate of drug-likeness (QED) is 0.731. The molecule has 0 unspecified atom stereocenters. The third kappa shape index (κ3) is 1.23. The molecule has 2 aromatic rings. The van der Waals surface area contributed by atoms with Crippen LogP contribution in [-0.2, 0) is 6.42 Å². The smallest absolute Gasteiger partial charge is 0.227 e. The van der Waals surface area contributed by atoms with E-state index in [1.54, 1.807) is 7.11 Å². The molecule has 0 aliphatic rings. The SMILES string of the molecule is CCc1cc(OC)c2onc(C)c2n1. The molecule has 2 aromatic heterocycles. The highest BCUT2D eigenvalue weighted by atomic mass is 16.5. The van der Waals surface area contributed by atoms with Crippen LogP contribution in [0.5, 0.6) is 5.75 Å². The standard InChI is InChI=1S/C10H12N2O2/c1-4-7-5-8(13-3)10-9(11-7)6(2)12-14-10/h5H,4H2,1-3H3. The molecule has 0 spiro atoms. The maximum atomic E-state index is 5.21. The molecular formula is C10H12N2O2. The minimum atomic E-state index is 0.627. The molecule has 0 aromatic carbocycles. The average Bonchev–Trinajstić information content (AvgIpc) is 2.59. The summed E-state index contributed by atoms with van der Waals surface area (Å²) in [6.45, 7) is 3.92. The molecular weight excluding hydrogens is 180 g/mol. The van der Waals surface area contributed by atoms with Crippen molar-refractivity contribution in [1.82, 2.24) is 10.1 Å². The zero-order chi connectivity index (χ0) is 10.1. The molecule has 0 amide bonds. The van der Waals surface area contributed by atoms with E-state index in [0.29, 0.717) is 11.3 Å². The fraction of sp³-hybridized carbons (Fsp3) is 0.400. The molecule has 0 bridgehead atoms. The number of pyridine rings is 1. The van der Waals surface area contributed by atoms with Gasteiger partial charge in [-0.25, -0.2) is 4.98 Å². The van der Waals surface area contributed by atoms with Gasteiger partial charge in [0, 0.05) is 11.8 Å². The summed E-state index contributed by atoms with van der Waals surface area (Å²) in [7, 11) is 1.62. The van der Waals surface area contributed by atoms with Crippen LogP contribution in [0.2, 0.25) is 0 Å². The number of fused-ring (bicyclic) bond motifs is 1. The van der Waals surface area contributed by atoms with Crippen molar-refractivity contribution < 1.29 is 9.26 Å². The van der Waals surface area contributed by atoms with Crippen LogP contribution >= 0.6 is 0 Å². The fourth-order valence-corrected chi connectivity index (χ4v) is 1.38. The number of methoxy groups -OCH3 is 1. The summed E-state index contributed by atoms with van der Waals surface area (Å²) in [4.78, 5) is 4.43. The zero-order valence-electron chi connectivity index (χ0n) is 8.50. The lowest BCUT2D eigenvalue weighted by atomic mass is 10.2. The van der Waals surface area contributed by atoms with Gasteiger partial charge in [-0.05, 0) is 13.3 Å². The maximum absolute atomic E-state index is 5.21. The Morgan fingerprint density at radius 2 is 2.29 bits per heavy atom. The molecule has 0 saturated carbocycles. The lowest BCUT2D eigenvalue weighted by molar-refractivity contribution is 0.391. The molecule has 74 valence electrons. The van der Waals surface area contributed by atoms with Crippen LogP contribution in [0.1, 0.15) is 18.3 Å². The highest BCUT2D eigenvalue weighted by Crippen LogP contribution is 2.27. The van der Waals surface area contributed by atoms with Gasteiger partial charge in [0.15, 0.2) is 5.75 Å². The lowest BCUT2D eigenvalue weighted by Crippen LogP contribution is -1.91. The molecule has 0 saturated heterocycles. The van der Waals surface area contributed by atoms with Gasteiger partial charge < -0.3 is 9.26 Å². The molecule has 14 heavy (non-hydrogen) atoms. The Morgan fingerprint density at radius 1 is 1.50 bits per heavy atom. The molecule has 0 N–H and O–H groups in total. The Kier molecular flexibility index (Phi) is 2.11. The second-order valence-corrected chi connectivity index (χ2v) is 3.12. The van der Waals surface area contributed by atoms with Crippen molar-refractivity contribution >= 4 is 11.1 Å². The monoisotopic (exact) mass is 192 g/mol. The van der Waals surface area contributed by atoms with Crippen LogP contribution in [0, 0.1) is 6.92 Å². The van der Waals surface area contributed by atoms with E-state index in [4.69, 9.17) is 9.26 Å². The van der Waals surface area contributed by atoms with Crippen molar-refractivity contribution in [1.29, 1.82) is 0 Å². The van der Waals surface area contributed by atoms with Gasteiger partial charge in [-0.2, -0.15) is 0 Å². The second kappa shape index (κ2) is 3.29. The summed E-state index contributed by atoms with van der Waals surface area (Å²) in [6, 6.07) is 1.88. The zero-order valence-corrected chi connectivity index (χ0v) is 8.50. The van der Waals surface area contributed by atoms with Crippen molar-refractivity contribution in [2.75, 3.05) is 7.11 Å². The van der Waals surface area contributed by atoms with Gasteiger partial charge in [0.25, 0.3) is 0 Å². The van der Waals surface area contributed by atoms with Gasteiger partial charge >= 0.3 is 0 Å². The van der Waals surface area contributed by atoms with Crippen molar-refractivity contribution in [3.63, 3.8) is 0 Å². The van der Waals surface area contributed by atoms with E-state index in [0.717, 1.165) is 23.3 Å². The van der Waals surface area contributed by atoms with Gasteiger partial charge in [0.05, 0.1) is 7.11 Å². The molecule has 4 nitrogen and oxygen atoms in total. The Bertz CT molecular complexity index is 462. The van der Waals surface area contributed by atoms with E-state index >= 15 is 0 Å². The summed E-state index contributed by atoms with van der Waals surface area (Å²) in [6.07, 6.45) is 0.872. The summed E-state index contributed by atoms with van der Waals surface area (Å²) in [5, 5.41) is 3.86. The largest absolute Gasteiger partial charge is 0.493 e. The minimum Gasteiger partial charge on any atom is -0.493 e. The van der Waals surface area contributed by atoms with E-state index < -0.39 is 0 Å². The Morgan fingerprint density at radius 3 is 2.93 bits per heavy atom. The first-order valence-corrected chi connectivity index (χ1v) is 4.56. The maximum Gasteiger partial charge on any atom is 0.227 e. The normalized spacial score (nSPS) is 10.8. The van der Waals surface area contributed by atoms with Crippen LogP contribution in [-0.4, -0.2) is 17.3 Å². The Hall–Kier alpha value is -1.58. The second-order valence-electron chi connectivity index (χ2n) is 3.12. The van der Waals surface area contributed by atoms with Crippen molar-refractivity contribution in [3.05, 3.63) is 17.5 Å². The fourth-order valence-electron chi connectivity index (χ4n) is 1.38. The minimum absolute atomic E-state index is 0.627. The summed E-state index contributed by atoms with van der Waals surface area (Å²) < 4.78 is 10.3. The number of hydrogen-bond donors (Lipinski definition) is 0. The van der Waals surface area contributed by atoms with Crippen molar-refractivity contribution in [3.8, 4) is 5.75 Å². The molecule has 0 aliphatic heterocycles. The number of rotatable bonds is 2.